The summed E-state index contributed by atoms with van der Waals surface area (Å²) in [5.41, 5.74) is 4.69. The smallest absolute Gasteiger partial charge is 0.744 e. The van der Waals surface area contributed by atoms with Gasteiger partial charge in [-0.2, -0.15) is 13.2 Å². The number of likely N-dealkylation sites (N-methyl/N-ethyl adjacent to an activating group) is 2. The number of allylic oxidation sites excluding steroid dienone is 6. The minimum Gasteiger partial charge on any atom is -0.744 e. The molecule has 3 aliphatic heterocycles. The van der Waals surface area contributed by atoms with Crippen LogP contribution in [0, 0.1) is 0 Å². The molecule has 5 amide bonds. The van der Waals surface area contributed by atoms with E-state index >= 15 is 0 Å². The second-order valence-corrected chi connectivity index (χ2v) is 26.0. The first-order valence-electron chi connectivity index (χ1n) is 28.6. The van der Waals surface area contributed by atoms with E-state index < -0.39 is 21.6 Å². The molecule has 1 saturated heterocycles. The van der Waals surface area contributed by atoms with E-state index in [1.54, 1.807) is 11.0 Å². The Morgan fingerprint density at radius 1 is 0.788 bits per heavy atom. The predicted octanol–water partition coefficient (Wildman–Crippen LogP) is 1.52. The third-order valence-electron chi connectivity index (χ3n) is 15.4. The SMILES string of the molecule is CCN1C(=CC=CC=CC2=[N+](CCCCCC(=O)NCCCCC(NC(=O)CCCCCNC(=O)CCCCCC3C(C)NC(=O)N3C)C(=O)SCCSOO[O-])c3ccc(S(=O)(=O)[O-])cc3C2(C)C)C(C)(C)c2cc(SOO[O-])ccc21.[Na+].[Na+]. The van der Waals surface area contributed by atoms with Gasteiger partial charge in [-0.1, -0.05) is 63.1 Å². The number of unbranched alkanes of at least 4 members (excludes halogenated alkanes) is 7. The van der Waals surface area contributed by atoms with Crippen LogP contribution in [0.4, 0.5) is 16.2 Å². The number of fused-ring (bicyclic) bond motifs is 2. The van der Waals surface area contributed by atoms with Crippen LogP contribution in [0.15, 0.2) is 82.3 Å². The summed E-state index contributed by atoms with van der Waals surface area (Å²) in [6.07, 6.45) is 20.1. The summed E-state index contributed by atoms with van der Waals surface area (Å²) in [7, 11) is -2.89. The third-order valence-corrected chi connectivity index (χ3v) is 18.6. The fraction of sp³-hybridized carbons (Fsp3) is 0.586. The Labute approximate surface area is 559 Å². The summed E-state index contributed by atoms with van der Waals surface area (Å²) in [4.78, 5) is 67.8. The van der Waals surface area contributed by atoms with Crippen molar-refractivity contribution in [3.8, 4) is 0 Å². The Kier molecular flexibility index (Phi) is 34.8. The number of anilines is 1. The van der Waals surface area contributed by atoms with Crippen LogP contribution < -0.4 is 95.8 Å². The molecule has 3 unspecified atom stereocenters. The molecule has 3 aliphatic rings. The maximum absolute atomic E-state index is 13.2. The predicted molar refractivity (Wildman–Crippen MR) is 318 cm³/mol. The summed E-state index contributed by atoms with van der Waals surface area (Å²) in [6, 6.07) is 9.89. The van der Waals surface area contributed by atoms with Crippen molar-refractivity contribution in [2.24, 2.45) is 0 Å². The molecule has 3 atom stereocenters. The normalized spacial score (nSPS) is 17.7. The number of nitrogens with one attached hydrogen (secondary N) is 4. The number of amides is 5. The Morgan fingerprint density at radius 3 is 2.07 bits per heavy atom. The second kappa shape index (κ2) is 38.7. The van der Waals surface area contributed by atoms with Crippen LogP contribution in [0.1, 0.15) is 155 Å². The molecule has 85 heavy (non-hydrogen) atoms. The van der Waals surface area contributed by atoms with E-state index in [1.165, 1.54) is 12.1 Å². The van der Waals surface area contributed by atoms with Gasteiger partial charge in [-0.3, -0.25) is 29.3 Å². The van der Waals surface area contributed by atoms with Crippen LogP contribution in [0.5, 0.6) is 0 Å². The number of hydrogen-bond acceptors (Lipinski definition) is 18. The van der Waals surface area contributed by atoms with Crippen molar-refractivity contribution in [3.63, 3.8) is 0 Å². The molecule has 0 bridgehead atoms. The fourth-order valence-electron chi connectivity index (χ4n) is 10.9. The summed E-state index contributed by atoms with van der Waals surface area (Å²) in [5, 5.41) is 39.0. The number of hydrogen-bond donors (Lipinski definition) is 4. The molecule has 2 aromatic rings. The molecule has 21 nitrogen and oxygen atoms in total. The van der Waals surface area contributed by atoms with Crippen LogP contribution in [0.3, 0.4) is 0 Å². The number of thioether (sulfide) groups is 1. The first-order chi connectivity index (χ1) is 39.6. The van der Waals surface area contributed by atoms with Gasteiger partial charge in [-0.15, -0.1) is 0 Å². The van der Waals surface area contributed by atoms with E-state index in [-0.39, 0.29) is 117 Å². The van der Waals surface area contributed by atoms with E-state index in [0.29, 0.717) is 82.5 Å². The molecule has 5 rings (SSSR count). The van der Waals surface area contributed by atoms with E-state index in [0.717, 1.165) is 126 Å². The summed E-state index contributed by atoms with van der Waals surface area (Å²) in [5.74, 6) is 0.304. The standard InChI is InChI=1S/C58H85N7O14S4.2Na/c1-8-64-48-32-30-42(82-79-77-72)39-44(48)57(3,4)50(64)25-14-10-15-26-51-58(5,6)45-40-43(83(73,74)75)31-33-49(45)65(51)36-22-12-18-28-53(67)60-35-21-19-23-46(55(69)80-37-38-81-78-76-71)62-54(68)29-17-11-20-34-59-52(66)27-16-9-13-24-47-41(2)61-56(70)63(47)7;;/h10,14-15,25-26,30-33,39-41,46-47H,8-9,11-13,16-24,27-29,34-38H2,1-7H3,(H6-,59,60,61,62,66,67,68,70,71,72,73,74,75);;/q;2*+1/p-2. The van der Waals surface area contributed by atoms with Gasteiger partial charge in [-0.25, -0.2) is 13.2 Å². The zero-order valence-corrected chi connectivity index (χ0v) is 58.1. The fourth-order valence-corrected chi connectivity index (χ4v) is 13.1. The Morgan fingerprint density at radius 2 is 1.44 bits per heavy atom. The number of rotatable bonds is 38. The zero-order valence-electron chi connectivity index (χ0n) is 50.8. The van der Waals surface area contributed by atoms with Gasteiger partial charge in [0.05, 0.1) is 34.4 Å². The summed E-state index contributed by atoms with van der Waals surface area (Å²) in [6.45, 7) is 14.6. The molecule has 1 fully saturated rings. The monoisotopic (exact) mass is 1280 g/mol. The molecule has 3 heterocycles. The van der Waals surface area contributed by atoms with Gasteiger partial charge in [0.25, 0.3) is 0 Å². The van der Waals surface area contributed by atoms with Gasteiger partial charge < -0.3 is 46.1 Å². The van der Waals surface area contributed by atoms with E-state index in [4.69, 9.17) is 0 Å². The van der Waals surface area contributed by atoms with Crippen molar-refractivity contribution in [2.75, 3.05) is 49.6 Å². The first kappa shape index (κ1) is 76.4. The molecule has 0 aliphatic carbocycles. The average Bonchev–Trinajstić information content (AvgIpc) is 1.77. The van der Waals surface area contributed by atoms with Gasteiger partial charge in [0.15, 0.2) is 5.71 Å². The van der Waals surface area contributed by atoms with E-state index in [9.17, 15) is 47.5 Å². The van der Waals surface area contributed by atoms with E-state index in [1.807, 2.05) is 70.3 Å². The van der Waals surface area contributed by atoms with Crippen molar-refractivity contribution in [3.05, 3.63) is 83.6 Å². The Bertz CT molecular complexity index is 2770. The maximum Gasteiger partial charge on any atom is 1.00 e. The molecule has 0 radical (unpaired) electrons. The molecule has 27 heteroatoms. The number of nitrogens with zero attached hydrogens (tertiary/aromatic N) is 3. The molecule has 0 spiro atoms. The van der Waals surface area contributed by atoms with Crippen molar-refractivity contribution in [1.82, 2.24) is 26.2 Å². The van der Waals surface area contributed by atoms with Gasteiger partial charge in [0, 0.05) is 121 Å². The van der Waals surface area contributed by atoms with Gasteiger partial charge in [0.2, 0.25) is 28.5 Å². The first-order valence-corrected chi connectivity index (χ1v) is 32.7. The zero-order chi connectivity index (χ0) is 60.6. The molecule has 0 saturated carbocycles. The van der Waals surface area contributed by atoms with E-state index in [2.05, 4.69) is 76.3 Å². The average molecular weight is 1280 g/mol. The molecule has 0 aromatic heterocycles. The van der Waals surface area contributed by atoms with Gasteiger partial charge in [0.1, 0.15) is 16.7 Å². The minimum absolute atomic E-state index is 0. The molecular formula is C58H83N7Na2O14S4. The van der Waals surface area contributed by atoms with Crippen molar-refractivity contribution < 1.29 is 130 Å². The number of benzene rings is 2. The van der Waals surface area contributed by atoms with Crippen LogP contribution in [0.25, 0.3) is 0 Å². The van der Waals surface area contributed by atoms with Crippen molar-refractivity contribution in [1.29, 1.82) is 0 Å². The maximum atomic E-state index is 13.2. The van der Waals surface area contributed by atoms with Crippen LogP contribution in [0.2, 0.25) is 0 Å². The van der Waals surface area contributed by atoms with Crippen LogP contribution in [-0.4, -0.2) is 120 Å². The number of carbonyl (C=O) groups excluding carboxylic acids is 5. The van der Waals surface area contributed by atoms with Gasteiger partial charge in [-0.05, 0) is 127 Å². The van der Waals surface area contributed by atoms with Crippen molar-refractivity contribution in [2.45, 2.75) is 183 Å². The number of carbonyl (C=O) groups is 5. The quantitative estimate of drug-likeness (QED) is 0.0108. The summed E-state index contributed by atoms with van der Waals surface area (Å²) < 4.78 is 47.4. The number of urea groups is 1. The van der Waals surface area contributed by atoms with Crippen molar-refractivity contribution >= 4 is 91.9 Å². The Balaban J connectivity index is 0.00000946. The van der Waals surface area contributed by atoms with Gasteiger partial charge >= 0.3 is 65.1 Å². The van der Waals surface area contributed by atoms with Crippen LogP contribution >= 0.6 is 35.8 Å². The second-order valence-electron chi connectivity index (χ2n) is 21.9. The largest absolute Gasteiger partial charge is 1.00 e. The minimum atomic E-state index is -4.70. The molecule has 2 aromatic carbocycles. The third kappa shape index (κ3) is 23.5. The Hall–Kier alpha value is -2.80. The molecular weight excluding hydrogens is 1190 g/mol. The topological polar surface area (TPSA) is 283 Å². The molecule has 4 N–H and O–H groups in total. The van der Waals surface area contributed by atoms with Crippen LogP contribution in [-0.2, 0) is 58.9 Å². The molecule has 460 valence electrons. The summed E-state index contributed by atoms with van der Waals surface area (Å²) >= 11 is 2.66.